The van der Waals surface area contributed by atoms with E-state index in [1.54, 1.807) is 0 Å². The van der Waals surface area contributed by atoms with Gasteiger partial charge in [-0.1, -0.05) is 24.1 Å². The number of nitrogens with zero attached hydrogens (tertiary/aromatic N) is 2. The molecule has 1 saturated heterocycles. The Morgan fingerprint density at radius 3 is 2.12 bits per heavy atom. The summed E-state index contributed by atoms with van der Waals surface area (Å²) in [4.78, 5) is 16.6. The van der Waals surface area contributed by atoms with Crippen molar-refractivity contribution in [2.24, 2.45) is 0 Å². The number of aryl methyl sites for hydroxylation is 2. The number of carbonyl (C=O) groups excluding carboxylic acids is 1. The van der Waals surface area contributed by atoms with Crippen molar-refractivity contribution in [1.82, 2.24) is 9.80 Å². The van der Waals surface area contributed by atoms with E-state index in [2.05, 4.69) is 5.92 Å². The number of amides is 1. The van der Waals surface area contributed by atoms with Crippen molar-refractivity contribution < 1.29 is 31.1 Å². The lowest BCUT2D eigenvalue weighted by atomic mass is 9.97. The Bertz CT molecular complexity index is 1070. The van der Waals surface area contributed by atoms with Gasteiger partial charge in [-0.15, -0.1) is 6.42 Å². The minimum absolute atomic E-state index is 0.0220. The molecule has 0 aromatic heterocycles. The van der Waals surface area contributed by atoms with Gasteiger partial charge < -0.3 is 4.90 Å². The summed E-state index contributed by atoms with van der Waals surface area (Å²) in [5.41, 5.74) is -0.631. The Morgan fingerprint density at radius 1 is 0.971 bits per heavy atom. The van der Waals surface area contributed by atoms with E-state index in [4.69, 9.17) is 6.42 Å². The topological polar surface area (TPSA) is 23.6 Å². The van der Waals surface area contributed by atoms with Crippen LogP contribution < -0.4 is 0 Å². The number of halogens is 6. The van der Waals surface area contributed by atoms with Gasteiger partial charge in [0.05, 0.1) is 17.7 Å². The van der Waals surface area contributed by atoms with Crippen LogP contribution in [-0.2, 0) is 18.8 Å². The van der Waals surface area contributed by atoms with Gasteiger partial charge >= 0.3 is 12.4 Å². The summed E-state index contributed by atoms with van der Waals surface area (Å²) in [7, 11) is 0. The summed E-state index contributed by atoms with van der Waals surface area (Å²) in [5.74, 6) is 1.67. The first kappa shape index (κ1) is 25.6. The average molecular weight is 482 g/mol. The fourth-order valence-corrected chi connectivity index (χ4v) is 4.08. The Labute approximate surface area is 194 Å². The van der Waals surface area contributed by atoms with E-state index in [0.717, 1.165) is 16.7 Å². The van der Waals surface area contributed by atoms with E-state index in [1.807, 2.05) is 36.9 Å². The standard InChI is InChI=1S/C25H24F6N2O/c1-4-7-32-8-9-33(22(15-32)11-18-6-5-16(2)17(3)10-18)23(34)19-12-20(24(26,27)28)14-21(13-19)25(29,30)31/h1,5-6,10,12-14,22H,7-9,11,15H2,2-3H3/t22-/m1/s1. The van der Waals surface area contributed by atoms with Crippen molar-refractivity contribution >= 4 is 5.91 Å². The normalized spacial score (nSPS) is 17.5. The minimum Gasteiger partial charge on any atom is -0.333 e. The molecule has 1 fully saturated rings. The molecule has 0 unspecified atom stereocenters. The van der Waals surface area contributed by atoms with Crippen molar-refractivity contribution in [3.63, 3.8) is 0 Å². The van der Waals surface area contributed by atoms with Gasteiger partial charge in [0.15, 0.2) is 0 Å². The number of benzene rings is 2. The molecule has 1 atom stereocenters. The third-order valence-corrected chi connectivity index (χ3v) is 6.02. The molecule has 0 bridgehead atoms. The van der Waals surface area contributed by atoms with Crippen LogP contribution in [0.2, 0.25) is 0 Å². The summed E-state index contributed by atoms with van der Waals surface area (Å²) in [6.45, 7) is 5.07. The zero-order valence-electron chi connectivity index (χ0n) is 18.7. The maximum absolute atomic E-state index is 13.3. The molecule has 0 saturated carbocycles. The lowest BCUT2D eigenvalue weighted by molar-refractivity contribution is -0.143. The highest BCUT2D eigenvalue weighted by Crippen LogP contribution is 2.36. The van der Waals surface area contributed by atoms with Gasteiger partial charge in [-0.2, -0.15) is 26.3 Å². The van der Waals surface area contributed by atoms with Crippen LogP contribution in [0.4, 0.5) is 26.3 Å². The predicted molar refractivity (Wildman–Crippen MR) is 116 cm³/mol. The molecule has 3 nitrogen and oxygen atoms in total. The largest absolute Gasteiger partial charge is 0.416 e. The van der Waals surface area contributed by atoms with Crippen LogP contribution in [-0.4, -0.2) is 47.9 Å². The smallest absolute Gasteiger partial charge is 0.333 e. The zero-order valence-corrected chi connectivity index (χ0v) is 18.7. The summed E-state index contributed by atoms with van der Waals surface area (Å²) < 4.78 is 79.8. The van der Waals surface area contributed by atoms with Crippen molar-refractivity contribution in [1.29, 1.82) is 0 Å². The molecule has 34 heavy (non-hydrogen) atoms. The second-order valence-corrected chi connectivity index (χ2v) is 8.51. The van der Waals surface area contributed by atoms with Crippen molar-refractivity contribution in [2.75, 3.05) is 26.2 Å². The number of hydrogen-bond donors (Lipinski definition) is 0. The second kappa shape index (κ2) is 9.71. The number of piperazine rings is 1. The minimum atomic E-state index is -5.03. The maximum Gasteiger partial charge on any atom is 0.416 e. The Kier molecular flexibility index (Phi) is 7.32. The number of terminal acetylenes is 1. The quantitative estimate of drug-likeness (QED) is 0.434. The van der Waals surface area contributed by atoms with E-state index in [0.29, 0.717) is 38.2 Å². The fourth-order valence-electron chi connectivity index (χ4n) is 4.08. The van der Waals surface area contributed by atoms with E-state index < -0.39 is 41.0 Å². The van der Waals surface area contributed by atoms with E-state index in [-0.39, 0.29) is 12.6 Å². The highest BCUT2D eigenvalue weighted by Gasteiger charge is 2.39. The SMILES string of the molecule is C#CCN1CCN(C(=O)c2cc(C(F)(F)F)cc(C(F)(F)F)c2)[C@H](Cc2ccc(C)c(C)c2)C1. The molecular formula is C25H24F6N2O. The van der Waals surface area contributed by atoms with Gasteiger partial charge in [0.2, 0.25) is 0 Å². The highest BCUT2D eigenvalue weighted by molar-refractivity contribution is 5.95. The van der Waals surface area contributed by atoms with Gasteiger partial charge in [-0.25, -0.2) is 0 Å². The number of rotatable bonds is 4. The number of alkyl halides is 6. The number of carbonyl (C=O) groups is 1. The predicted octanol–water partition coefficient (Wildman–Crippen LogP) is 5.34. The van der Waals surface area contributed by atoms with Gasteiger partial charge in [-0.05, 0) is 55.2 Å². The molecule has 1 amide bonds. The molecule has 1 aliphatic rings. The Morgan fingerprint density at radius 2 is 1.59 bits per heavy atom. The van der Waals surface area contributed by atoms with Gasteiger partial charge in [-0.3, -0.25) is 9.69 Å². The van der Waals surface area contributed by atoms with Crippen LogP contribution in [0.1, 0.15) is 38.2 Å². The number of hydrogen-bond acceptors (Lipinski definition) is 2. The highest BCUT2D eigenvalue weighted by atomic mass is 19.4. The third kappa shape index (κ3) is 5.92. The van der Waals surface area contributed by atoms with Gasteiger partial charge in [0.1, 0.15) is 0 Å². The first-order valence-corrected chi connectivity index (χ1v) is 10.6. The van der Waals surface area contributed by atoms with Gasteiger partial charge in [0, 0.05) is 31.2 Å². The molecule has 2 aromatic carbocycles. The van der Waals surface area contributed by atoms with E-state index in [1.165, 1.54) is 4.90 Å². The van der Waals surface area contributed by atoms with Crippen molar-refractivity contribution in [3.8, 4) is 12.3 Å². The molecule has 3 rings (SSSR count). The third-order valence-electron chi connectivity index (χ3n) is 6.02. The summed E-state index contributed by atoms with van der Waals surface area (Å²) in [6.07, 6.45) is -4.26. The van der Waals surface area contributed by atoms with Crippen LogP contribution in [0.3, 0.4) is 0 Å². The average Bonchev–Trinajstić information content (AvgIpc) is 2.75. The molecule has 2 aromatic rings. The van der Waals surface area contributed by atoms with Crippen molar-refractivity contribution in [3.05, 3.63) is 69.8 Å². The molecule has 182 valence electrons. The fraction of sp³-hybridized carbons (Fsp3) is 0.400. The van der Waals surface area contributed by atoms with Crippen molar-refractivity contribution in [2.45, 2.75) is 38.7 Å². The lowest BCUT2D eigenvalue weighted by Gasteiger charge is -2.41. The Hall–Kier alpha value is -2.99. The van der Waals surface area contributed by atoms with Crippen LogP contribution in [0.15, 0.2) is 36.4 Å². The Balaban J connectivity index is 1.98. The monoisotopic (exact) mass is 482 g/mol. The molecule has 1 aliphatic heterocycles. The molecule has 1 heterocycles. The van der Waals surface area contributed by atoms with Crippen LogP contribution in [0, 0.1) is 26.2 Å². The molecule has 0 aliphatic carbocycles. The van der Waals surface area contributed by atoms with Crippen LogP contribution in [0.25, 0.3) is 0 Å². The molecule has 9 heteroatoms. The second-order valence-electron chi connectivity index (χ2n) is 8.51. The molecular weight excluding hydrogens is 458 g/mol. The van der Waals surface area contributed by atoms with E-state index in [9.17, 15) is 31.1 Å². The summed E-state index contributed by atoms with van der Waals surface area (Å²) in [6, 6.07) is 6.31. The van der Waals surface area contributed by atoms with Crippen LogP contribution in [0.5, 0.6) is 0 Å². The van der Waals surface area contributed by atoms with Crippen LogP contribution >= 0.6 is 0 Å². The lowest BCUT2D eigenvalue weighted by Crippen LogP contribution is -2.56. The molecule has 0 radical (unpaired) electrons. The summed E-state index contributed by atoms with van der Waals surface area (Å²) >= 11 is 0. The molecule has 0 N–H and O–H groups in total. The maximum atomic E-state index is 13.3. The van der Waals surface area contributed by atoms with E-state index >= 15 is 0 Å². The zero-order chi connectivity index (χ0) is 25.3. The first-order valence-electron chi connectivity index (χ1n) is 10.6. The first-order chi connectivity index (χ1) is 15.8. The molecule has 0 spiro atoms. The summed E-state index contributed by atoms with van der Waals surface area (Å²) in [5, 5.41) is 0. The van der Waals surface area contributed by atoms with Gasteiger partial charge in [0.25, 0.3) is 5.91 Å².